The summed E-state index contributed by atoms with van der Waals surface area (Å²) in [6.07, 6.45) is 2.40. The first-order chi connectivity index (χ1) is 7.01. The lowest BCUT2D eigenvalue weighted by Crippen LogP contribution is -2.41. The number of carbonyl (C=O) groups is 2. The second-order valence-corrected chi connectivity index (χ2v) is 4.59. The predicted molar refractivity (Wildman–Crippen MR) is 61.9 cm³/mol. The molecule has 0 aromatic rings. The van der Waals surface area contributed by atoms with Crippen LogP contribution in [0.5, 0.6) is 0 Å². The molecule has 0 spiro atoms. The Balaban J connectivity index is 3.89. The van der Waals surface area contributed by atoms with E-state index in [0.717, 1.165) is 0 Å². The average Bonchev–Trinajstić information content (AvgIpc) is 2.16. The van der Waals surface area contributed by atoms with Gasteiger partial charge in [0.25, 0.3) is 0 Å². The van der Waals surface area contributed by atoms with Crippen molar-refractivity contribution in [3.63, 3.8) is 0 Å². The molecule has 0 radical (unpaired) electrons. The third kappa shape index (κ3) is 6.52. The lowest BCUT2D eigenvalue weighted by Gasteiger charge is -2.21. The number of amides is 1. The SMILES string of the molecule is CSC(CO)C(C)NC(=O)CCC(C)=O. The Morgan fingerprint density at radius 1 is 1.40 bits per heavy atom. The maximum absolute atomic E-state index is 11.3. The fourth-order valence-corrected chi connectivity index (χ4v) is 1.77. The predicted octanol–water partition coefficient (Wildman–Crippen LogP) is 0.584. The number of ketones is 1. The van der Waals surface area contributed by atoms with E-state index >= 15 is 0 Å². The van der Waals surface area contributed by atoms with Crippen molar-refractivity contribution in [1.29, 1.82) is 0 Å². The zero-order valence-corrected chi connectivity index (χ0v) is 10.3. The number of hydrogen-bond acceptors (Lipinski definition) is 4. The summed E-state index contributed by atoms with van der Waals surface area (Å²) in [5, 5.41) is 11.8. The van der Waals surface area contributed by atoms with E-state index in [1.807, 2.05) is 13.2 Å². The van der Waals surface area contributed by atoms with Crippen LogP contribution in [-0.4, -0.2) is 41.0 Å². The molecule has 88 valence electrons. The largest absolute Gasteiger partial charge is 0.395 e. The summed E-state index contributed by atoms with van der Waals surface area (Å²) in [7, 11) is 0. The van der Waals surface area contributed by atoms with Gasteiger partial charge in [0.2, 0.25) is 5.91 Å². The van der Waals surface area contributed by atoms with E-state index in [0.29, 0.717) is 0 Å². The minimum Gasteiger partial charge on any atom is -0.395 e. The Morgan fingerprint density at radius 3 is 2.40 bits per heavy atom. The molecule has 0 heterocycles. The van der Waals surface area contributed by atoms with Gasteiger partial charge >= 0.3 is 0 Å². The minimum absolute atomic E-state index is 0.00581. The second-order valence-electron chi connectivity index (χ2n) is 3.51. The van der Waals surface area contributed by atoms with Gasteiger partial charge < -0.3 is 15.2 Å². The summed E-state index contributed by atoms with van der Waals surface area (Å²) < 4.78 is 0. The molecule has 1 amide bonds. The molecule has 2 atom stereocenters. The van der Waals surface area contributed by atoms with Gasteiger partial charge in [0, 0.05) is 24.1 Å². The molecule has 0 saturated carbocycles. The van der Waals surface area contributed by atoms with Crippen molar-refractivity contribution in [2.24, 2.45) is 0 Å². The molecule has 4 nitrogen and oxygen atoms in total. The zero-order valence-electron chi connectivity index (χ0n) is 9.45. The van der Waals surface area contributed by atoms with Crippen LogP contribution in [-0.2, 0) is 9.59 Å². The molecule has 15 heavy (non-hydrogen) atoms. The molecule has 0 bridgehead atoms. The van der Waals surface area contributed by atoms with Gasteiger partial charge in [-0.25, -0.2) is 0 Å². The first kappa shape index (κ1) is 14.5. The molecule has 5 heteroatoms. The van der Waals surface area contributed by atoms with Gasteiger partial charge in [0.05, 0.1) is 6.61 Å². The van der Waals surface area contributed by atoms with Crippen molar-refractivity contribution in [3.05, 3.63) is 0 Å². The molecule has 0 aromatic heterocycles. The quantitative estimate of drug-likeness (QED) is 0.675. The van der Waals surface area contributed by atoms with E-state index in [2.05, 4.69) is 5.32 Å². The summed E-state index contributed by atoms with van der Waals surface area (Å²) in [4.78, 5) is 22.0. The zero-order chi connectivity index (χ0) is 11.8. The van der Waals surface area contributed by atoms with Crippen LogP contribution < -0.4 is 5.32 Å². The lowest BCUT2D eigenvalue weighted by atomic mass is 10.2. The maximum atomic E-state index is 11.3. The van der Waals surface area contributed by atoms with Crippen molar-refractivity contribution in [2.45, 2.75) is 38.0 Å². The molecule has 0 aliphatic heterocycles. The van der Waals surface area contributed by atoms with Crippen molar-refractivity contribution in [2.75, 3.05) is 12.9 Å². The molecule has 0 fully saturated rings. The van der Waals surface area contributed by atoms with Crippen LogP contribution in [0, 0.1) is 0 Å². The van der Waals surface area contributed by atoms with Gasteiger partial charge in [-0.3, -0.25) is 4.79 Å². The van der Waals surface area contributed by atoms with Crippen LogP contribution in [0.2, 0.25) is 0 Å². The van der Waals surface area contributed by atoms with Gasteiger partial charge in [0.1, 0.15) is 5.78 Å². The maximum Gasteiger partial charge on any atom is 0.220 e. The summed E-state index contributed by atoms with van der Waals surface area (Å²) in [5.74, 6) is -0.119. The van der Waals surface area contributed by atoms with Crippen LogP contribution >= 0.6 is 11.8 Å². The van der Waals surface area contributed by atoms with E-state index in [-0.39, 0.29) is 42.4 Å². The Kier molecular flexibility index (Phi) is 7.42. The Morgan fingerprint density at radius 2 is 2.00 bits per heavy atom. The fraction of sp³-hybridized carbons (Fsp3) is 0.800. The molecule has 0 aliphatic carbocycles. The van der Waals surface area contributed by atoms with Crippen LogP contribution in [0.4, 0.5) is 0 Å². The molecular formula is C10H19NO3S. The van der Waals surface area contributed by atoms with E-state index in [1.54, 1.807) is 0 Å². The number of Topliss-reactive ketones (excluding diaryl/α,β-unsaturated/α-hetero) is 1. The van der Waals surface area contributed by atoms with Gasteiger partial charge in [0.15, 0.2) is 0 Å². The molecular weight excluding hydrogens is 214 g/mol. The Hall–Kier alpha value is -0.550. The highest BCUT2D eigenvalue weighted by atomic mass is 32.2. The highest BCUT2D eigenvalue weighted by molar-refractivity contribution is 7.99. The number of hydrogen-bond donors (Lipinski definition) is 2. The Labute approximate surface area is 94.8 Å². The lowest BCUT2D eigenvalue weighted by molar-refractivity contribution is -0.125. The molecule has 0 rings (SSSR count). The van der Waals surface area contributed by atoms with Crippen molar-refractivity contribution >= 4 is 23.5 Å². The monoisotopic (exact) mass is 233 g/mol. The van der Waals surface area contributed by atoms with E-state index in [1.165, 1.54) is 18.7 Å². The molecule has 2 N–H and O–H groups in total. The second kappa shape index (κ2) is 7.70. The number of aliphatic hydroxyl groups is 1. The van der Waals surface area contributed by atoms with E-state index in [9.17, 15) is 9.59 Å². The molecule has 0 aliphatic rings. The van der Waals surface area contributed by atoms with Crippen LogP contribution in [0.25, 0.3) is 0 Å². The fourth-order valence-electron chi connectivity index (χ4n) is 1.15. The van der Waals surface area contributed by atoms with Gasteiger partial charge in [-0.2, -0.15) is 11.8 Å². The van der Waals surface area contributed by atoms with Crippen LogP contribution in [0.15, 0.2) is 0 Å². The van der Waals surface area contributed by atoms with Crippen molar-refractivity contribution in [3.8, 4) is 0 Å². The third-order valence-corrected chi connectivity index (χ3v) is 3.30. The highest BCUT2D eigenvalue weighted by Crippen LogP contribution is 2.10. The van der Waals surface area contributed by atoms with Crippen LogP contribution in [0.3, 0.4) is 0 Å². The number of nitrogens with one attached hydrogen (secondary N) is 1. The summed E-state index contributed by atoms with van der Waals surface area (Å²) in [5.41, 5.74) is 0. The number of rotatable bonds is 7. The van der Waals surface area contributed by atoms with E-state index < -0.39 is 0 Å². The number of thioether (sulfide) groups is 1. The number of carbonyl (C=O) groups excluding carboxylic acids is 2. The first-order valence-electron chi connectivity index (χ1n) is 4.93. The van der Waals surface area contributed by atoms with Crippen molar-refractivity contribution < 1.29 is 14.7 Å². The topological polar surface area (TPSA) is 66.4 Å². The highest BCUT2D eigenvalue weighted by Gasteiger charge is 2.17. The summed E-state index contributed by atoms with van der Waals surface area (Å²) in [6.45, 7) is 3.35. The average molecular weight is 233 g/mol. The normalized spacial score (nSPS) is 14.4. The third-order valence-electron chi connectivity index (χ3n) is 2.13. The molecule has 0 aromatic carbocycles. The standard InChI is InChI=1S/C10H19NO3S/c1-7(13)4-5-10(14)11-8(2)9(6-12)15-3/h8-9,12H,4-6H2,1-3H3,(H,11,14). The van der Waals surface area contributed by atoms with Crippen LogP contribution in [0.1, 0.15) is 26.7 Å². The van der Waals surface area contributed by atoms with Gasteiger partial charge in [-0.15, -0.1) is 0 Å². The van der Waals surface area contributed by atoms with Crippen molar-refractivity contribution in [1.82, 2.24) is 5.32 Å². The summed E-state index contributed by atoms with van der Waals surface area (Å²) >= 11 is 1.51. The smallest absolute Gasteiger partial charge is 0.220 e. The first-order valence-corrected chi connectivity index (χ1v) is 6.22. The summed E-state index contributed by atoms with van der Waals surface area (Å²) in [6, 6.07) is -0.0792. The van der Waals surface area contributed by atoms with Gasteiger partial charge in [-0.05, 0) is 20.1 Å². The van der Waals surface area contributed by atoms with Gasteiger partial charge in [-0.1, -0.05) is 0 Å². The molecule has 0 saturated heterocycles. The minimum atomic E-state index is -0.134. The van der Waals surface area contributed by atoms with E-state index in [4.69, 9.17) is 5.11 Å². The number of aliphatic hydroxyl groups excluding tert-OH is 1. The Bertz CT molecular complexity index is 217. The molecule has 2 unspecified atom stereocenters.